The maximum atomic E-state index is 12.8. The number of aromatic nitrogens is 3. The number of anilines is 1. The van der Waals surface area contributed by atoms with Crippen LogP contribution in [0.2, 0.25) is 0 Å². The number of nitrogens with one attached hydrogen (secondary N) is 1. The Balaban J connectivity index is 1.38. The second-order valence-electron chi connectivity index (χ2n) is 7.89. The van der Waals surface area contributed by atoms with Gasteiger partial charge < -0.3 is 10.2 Å². The van der Waals surface area contributed by atoms with Gasteiger partial charge in [-0.1, -0.05) is 41.6 Å². The van der Waals surface area contributed by atoms with Crippen LogP contribution in [0.1, 0.15) is 27.0 Å². The largest absolute Gasteiger partial charge is 0.332 e. The molecule has 4 rings (SSSR count). The third kappa shape index (κ3) is 4.51. The lowest BCUT2D eigenvalue weighted by molar-refractivity contribution is -0.116. The molecule has 0 radical (unpaired) electrons. The molecule has 2 amide bonds. The Bertz CT molecular complexity index is 1280. The number of hydrogen-bond donors (Lipinski definition) is 1. The van der Waals surface area contributed by atoms with Crippen LogP contribution in [0.15, 0.2) is 66.7 Å². The highest BCUT2D eigenvalue weighted by Gasteiger charge is 2.16. The first-order valence-electron chi connectivity index (χ1n) is 10.4. The normalized spacial score (nSPS) is 10.8. The number of fused-ring (bicyclic) bond motifs is 1. The second-order valence-corrected chi connectivity index (χ2v) is 7.89. The van der Waals surface area contributed by atoms with Crippen molar-refractivity contribution in [1.82, 2.24) is 19.9 Å². The summed E-state index contributed by atoms with van der Waals surface area (Å²) in [6, 6.07) is 20.9. The Morgan fingerprint density at radius 1 is 0.969 bits per heavy atom. The van der Waals surface area contributed by atoms with E-state index >= 15 is 0 Å². The minimum atomic E-state index is -0.232. The molecule has 7 heteroatoms. The highest BCUT2D eigenvalue weighted by molar-refractivity contribution is 5.99. The summed E-state index contributed by atoms with van der Waals surface area (Å²) in [5, 5.41) is 11.3. The molecular weight excluding hydrogens is 402 g/mol. The van der Waals surface area contributed by atoms with Gasteiger partial charge in [0.25, 0.3) is 5.91 Å². The van der Waals surface area contributed by atoms with Gasteiger partial charge in [-0.15, -0.1) is 5.10 Å². The van der Waals surface area contributed by atoms with E-state index in [0.29, 0.717) is 12.1 Å². The molecule has 7 nitrogen and oxygen atoms in total. The van der Waals surface area contributed by atoms with Crippen LogP contribution >= 0.6 is 0 Å². The van der Waals surface area contributed by atoms with Gasteiger partial charge in [0.1, 0.15) is 5.52 Å². The van der Waals surface area contributed by atoms with Crippen molar-refractivity contribution in [3.8, 4) is 0 Å². The fourth-order valence-electron chi connectivity index (χ4n) is 3.54. The van der Waals surface area contributed by atoms with Gasteiger partial charge in [0.05, 0.1) is 18.6 Å². The molecule has 0 aliphatic rings. The van der Waals surface area contributed by atoms with Crippen LogP contribution < -0.4 is 5.32 Å². The maximum absolute atomic E-state index is 12.8. The summed E-state index contributed by atoms with van der Waals surface area (Å²) in [4.78, 5) is 26.6. The number of hydrogen-bond acceptors (Lipinski definition) is 4. The van der Waals surface area contributed by atoms with Crippen molar-refractivity contribution in [2.45, 2.75) is 20.4 Å². The molecule has 0 aliphatic carbocycles. The van der Waals surface area contributed by atoms with E-state index in [9.17, 15) is 9.59 Å². The van der Waals surface area contributed by atoms with Gasteiger partial charge in [-0.05, 0) is 60.9 Å². The van der Waals surface area contributed by atoms with E-state index in [4.69, 9.17) is 0 Å². The number of carbonyl (C=O) groups is 2. The van der Waals surface area contributed by atoms with Gasteiger partial charge in [-0.3, -0.25) is 9.59 Å². The van der Waals surface area contributed by atoms with Crippen molar-refractivity contribution in [1.29, 1.82) is 0 Å². The number of likely N-dealkylation sites (N-methyl/N-ethyl adjacent to an activating group) is 1. The molecule has 4 aromatic rings. The van der Waals surface area contributed by atoms with Gasteiger partial charge in [-0.2, -0.15) is 0 Å². The van der Waals surface area contributed by atoms with Crippen molar-refractivity contribution in [2.75, 3.05) is 18.9 Å². The Labute approximate surface area is 186 Å². The standard InChI is InChI=1S/C25H25N5O2/c1-17-7-6-9-21(18(17)2)26-24(31)16-29(3)25(32)20-13-11-19(12-14-20)15-30-23-10-5-4-8-22(23)27-28-30/h4-14H,15-16H2,1-3H3,(H,26,31). The minimum absolute atomic E-state index is 0.0289. The Hall–Kier alpha value is -4.00. The topological polar surface area (TPSA) is 80.1 Å². The highest BCUT2D eigenvalue weighted by atomic mass is 16.2. The fraction of sp³-hybridized carbons (Fsp3) is 0.200. The molecule has 0 saturated carbocycles. The maximum Gasteiger partial charge on any atom is 0.254 e. The van der Waals surface area contributed by atoms with Crippen molar-refractivity contribution in [3.63, 3.8) is 0 Å². The molecule has 1 aromatic heterocycles. The summed E-state index contributed by atoms with van der Waals surface area (Å²) in [5.41, 5.74) is 6.23. The smallest absolute Gasteiger partial charge is 0.254 e. The van der Waals surface area contributed by atoms with Crippen LogP contribution in [-0.4, -0.2) is 45.3 Å². The fourth-order valence-corrected chi connectivity index (χ4v) is 3.54. The quantitative estimate of drug-likeness (QED) is 0.507. The first kappa shape index (κ1) is 21.2. The predicted molar refractivity (Wildman–Crippen MR) is 125 cm³/mol. The lowest BCUT2D eigenvalue weighted by Crippen LogP contribution is -2.35. The zero-order chi connectivity index (χ0) is 22.7. The summed E-state index contributed by atoms with van der Waals surface area (Å²) in [5.74, 6) is -0.442. The average molecular weight is 428 g/mol. The zero-order valence-electron chi connectivity index (χ0n) is 18.4. The first-order chi connectivity index (χ1) is 15.4. The molecule has 0 atom stereocenters. The molecule has 32 heavy (non-hydrogen) atoms. The molecule has 1 N–H and O–H groups in total. The third-order valence-electron chi connectivity index (χ3n) is 5.56. The van der Waals surface area contributed by atoms with Crippen molar-refractivity contribution in [3.05, 3.63) is 89.0 Å². The third-order valence-corrected chi connectivity index (χ3v) is 5.56. The van der Waals surface area contributed by atoms with E-state index in [1.807, 2.05) is 73.1 Å². The van der Waals surface area contributed by atoms with Crippen molar-refractivity contribution in [2.24, 2.45) is 0 Å². The molecule has 1 heterocycles. The molecule has 0 fully saturated rings. The predicted octanol–water partition coefficient (Wildman–Crippen LogP) is 3.81. The van der Waals surface area contributed by atoms with E-state index < -0.39 is 0 Å². The van der Waals surface area contributed by atoms with Gasteiger partial charge in [-0.25, -0.2) is 4.68 Å². The number of nitrogens with zero attached hydrogens (tertiary/aromatic N) is 4. The Morgan fingerprint density at radius 3 is 2.50 bits per heavy atom. The van der Waals surface area contributed by atoms with Crippen LogP contribution in [0.25, 0.3) is 11.0 Å². The van der Waals surface area contributed by atoms with Crippen LogP contribution in [-0.2, 0) is 11.3 Å². The first-order valence-corrected chi connectivity index (χ1v) is 10.4. The molecule has 0 unspecified atom stereocenters. The van der Waals surface area contributed by atoms with Crippen LogP contribution in [0.4, 0.5) is 5.69 Å². The van der Waals surface area contributed by atoms with E-state index in [1.54, 1.807) is 19.2 Å². The summed E-state index contributed by atoms with van der Waals surface area (Å²) < 4.78 is 1.83. The van der Waals surface area contributed by atoms with E-state index in [1.165, 1.54) is 4.90 Å². The Kier molecular flexibility index (Phi) is 5.98. The van der Waals surface area contributed by atoms with Gasteiger partial charge in [0, 0.05) is 18.3 Å². The van der Waals surface area contributed by atoms with Crippen molar-refractivity contribution >= 4 is 28.5 Å². The minimum Gasteiger partial charge on any atom is -0.332 e. The molecule has 3 aromatic carbocycles. The second kappa shape index (κ2) is 9.01. The molecule has 0 bridgehead atoms. The average Bonchev–Trinajstić information content (AvgIpc) is 3.20. The van der Waals surface area contributed by atoms with Crippen LogP contribution in [0.3, 0.4) is 0 Å². The molecule has 0 saturated heterocycles. The summed E-state index contributed by atoms with van der Waals surface area (Å²) in [6.07, 6.45) is 0. The van der Waals surface area contributed by atoms with Crippen LogP contribution in [0, 0.1) is 13.8 Å². The molecule has 0 aliphatic heterocycles. The lowest BCUT2D eigenvalue weighted by Gasteiger charge is -2.18. The Morgan fingerprint density at radius 2 is 1.72 bits per heavy atom. The number of aryl methyl sites for hydroxylation is 1. The summed E-state index contributed by atoms with van der Waals surface area (Å²) >= 11 is 0. The van der Waals surface area contributed by atoms with E-state index in [0.717, 1.165) is 33.4 Å². The molecular formula is C25H25N5O2. The highest BCUT2D eigenvalue weighted by Crippen LogP contribution is 2.18. The van der Waals surface area contributed by atoms with Gasteiger partial charge >= 0.3 is 0 Å². The zero-order valence-corrected chi connectivity index (χ0v) is 18.4. The number of para-hydroxylation sites is 1. The molecule has 162 valence electrons. The van der Waals surface area contributed by atoms with Crippen LogP contribution in [0.5, 0.6) is 0 Å². The monoisotopic (exact) mass is 427 g/mol. The van der Waals surface area contributed by atoms with Crippen molar-refractivity contribution < 1.29 is 9.59 Å². The number of amides is 2. The SMILES string of the molecule is Cc1cccc(NC(=O)CN(C)C(=O)c2ccc(Cn3nnc4ccccc43)cc2)c1C. The van der Waals surface area contributed by atoms with E-state index in [-0.39, 0.29) is 18.4 Å². The number of benzene rings is 3. The molecule has 0 spiro atoms. The summed E-state index contributed by atoms with van der Waals surface area (Å²) in [7, 11) is 1.63. The summed E-state index contributed by atoms with van der Waals surface area (Å²) in [6.45, 7) is 4.49. The van der Waals surface area contributed by atoms with Gasteiger partial charge in [0.15, 0.2) is 0 Å². The van der Waals surface area contributed by atoms with Gasteiger partial charge in [0.2, 0.25) is 5.91 Å². The lowest BCUT2D eigenvalue weighted by atomic mass is 10.1. The number of rotatable bonds is 6. The number of carbonyl (C=O) groups excluding carboxylic acids is 2. The van der Waals surface area contributed by atoms with E-state index in [2.05, 4.69) is 15.6 Å².